The lowest BCUT2D eigenvalue weighted by Gasteiger charge is -2.31. The van der Waals surface area contributed by atoms with Crippen LogP contribution >= 0.6 is 28.3 Å². The van der Waals surface area contributed by atoms with Crippen LogP contribution in [0.1, 0.15) is 25.8 Å². The highest BCUT2D eigenvalue weighted by molar-refractivity contribution is 9.10. The van der Waals surface area contributed by atoms with Crippen LogP contribution in [-0.4, -0.2) is 31.1 Å². The molecule has 2 N–H and O–H groups in total. The summed E-state index contributed by atoms with van der Waals surface area (Å²) in [7, 11) is 0. The first-order chi connectivity index (χ1) is 9.97. The van der Waals surface area contributed by atoms with E-state index in [1.54, 1.807) is 6.92 Å². The zero-order chi connectivity index (χ0) is 15.4. The third-order valence-corrected chi connectivity index (χ3v) is 4.54. The third kappa shape index (κ3) is 5.14. The lowest BCUT2D eigenvalue weighted by molar-refractivity contribution is -0.128. The molecule has 1 aliphatic rings. The molecule has 1 aliphatic heterocycles. The number of amides is 1. The van der Waals surface area contributed by atoms with E-state index >= 15 is 0 Å². The average Bonchev–Trinajstić information content (AvgIpc) is 2.44. The Labute approximate surface area is 146 Å². The molecule has 0 aromatic heterocycles. The Kier molecular flexibility index (Phi) is 7.66. The van der Waals surface area contributed by atoms with Gasteiger partial charge in [-0.1, -0.05) is 13.0 Å². The first kappa shape index (κ1) is 19.3. The smallest absolute Gasteiger partial charge is 0.261 e. The first-order valence-corrected chi connectivity index (χ1v) is 8.20. The van der Waals surface area contributed by atoms with E-state index in [1.807, 2.05) is 25.1 Å². The molecule has 1 heterocycles. The van der Waals surface area contributed by atoms with Crippen molar-refractivity contribution in [2.24, 2.45) is 5.92 Å². The molecule has 0 spiro atoms. The highest BCUT2D eigenvalue weighted by Crippen LogP contribution is 2.26. The maximum absolute atomic E-state index is 12.3. The van der Waals surface area contributed by atoms with Gasteiger partial charge in [0.15, 0.2) is 6.10 Å². The van der Waals surface area contributed by atoms with Crippen molar-refractivity contribution in [3.8, 4) is 5.75 Å². The zero-order valence-electron chi connectivity index (χ0n) is 13.2. The summed E-state index contributed by atoms with van der Waals surface area (Å²) < 4.78 is 6.63. The molecule has 1 saturated heterocycles. The highest BCUT2D eigenvalue weighted by atomic mass is 79.9. The SMILES string of the molecule is Cc1ccc(OC(C)C(=O)NC2CNCCC2C)c(Br)c1.Cl. The van der Waals surface area contributed by atoms with Crippen molar-refractivity contribution in [3.05, 3.63) is 28.2 Å². The van der Waals surface area contributed by atoms with Crippen molar-refractivity contribution in [2.75, 3.05) is 13.1 Å². The van der Waals surface area contributed by atoms with E-state index in [9.17, 15) is 4.79 Å². The van der Waals surface area contributed by atoms with E-state index in [0.29, 0.717) is 11.7 Å². The Morgan fingerprint density at radius 1 is 1.50 bits per heavy atom. The van der Waals surface area contributed by atoms with E-state index in [2.05, 4.69) is 33.5 Å². The van der Waals surface area contributed by atoms with Gasteiger partial charge in [0.1, 0.15) is 5.75 Å². The second-order valence-electron chi connectivity index (χ2n) is 5.78. The molecular weight excluding hydrogens is 368 g/mol. The second-order valence-corrected chi connectivity index (χ2v) is 6.63. The van der Waals surface area contributed by atoms with E-state index < -0.39 is 6.10 Å². The van der Waals surface area contributed by atoms with Crippen LogP contribution in [0, 0.1) is 12.8 Å². The monoisotopic (exact) mass is 390 g/mol. The zero-order valence-corrected chi connectivity index (χ0v) is 15.6. The third-order valence-electron chi connectivity index (χ3n) is 3.92. The minimum atomic E-state index is -0.516. The molecule has 2 rings (SSSR count). The number of carbonyl (C=O) groups is 1. The molecule has 3 atom stereocenters. The van der Waals surface area contributed by atoms with Gasteiger partial charge in [0.05, 0.1) is 4.47 Å². The predicted octanol–water partition coefficient (Wildman–Crippen LogP) is 3.06. The minimum absolute atomic E-state index is 0. The Morgan fingerprint density at radius 2 is 2.23 bits per heavy atom. The molecular formula is C16H24BrClN2O2. The molecule has 3 unspecified atom stereocenters. The van der Waals surface area contributed by atoms with Gasteiger partial charge in [-0.05, 0) is 66.4 Å². The van der Waals surface area contributed by atoms with E-state index in [-0.39, 0.29) is 24.4 Å². The molecule has 1 aromatic carbocycles. The van der Waals surface area contributed by atoms with Crippen LogP contribution in [0.15, 0.2) is 22.7 Å². The van der Waals surface area contributed by atoms with Gasteiger partial charge in [0.25, 0.3) is 5.91 Å². The number of nitrogens with one attached hydrogen (secondary N) is 2. The van der Waals surface area contributed by atoms with Crippen molar-refractivity contribution < 1.29 is 9.53 Å². The van der Waals surface area contributed by atoms with E-state index in [0.717, 1.165) is 29.5 Å². The summed E-state index contributed by atoms with van der Waals surface area (Å²) in [6.07, 6.45) is 0.571. The number of carbonyl (C=O) groups excluding carboxylic acids is 1. The topological polar surface area (TPSA) is 50.4 Å². The number of aryl methyl sites for hydroxylation is 1. The van der Waals surface area contributed by atoms with Crippen molar-refractivity contribution in [1.82, 2.24) is 10.6 Å². The number of piperidine rings is 1. The van der Waals surface area contributed by atoms with Crippen molar-refractivity contribution in [3.63, 3.8) is 0 Å². The normalized spacial score (nSPS) is 22.4. The summed E-state index contributed by atoms with van der Waals surface area (Å²) in [6, 6.07) is 6.01. The molecule has 1 amide bonds. The molecule has 0 bridgehead atoms. The number of rotatable bonds is 4. The maximum atomic E-state index is 12.3. The minimum Gasteiger partial charge on any atom is -0.480 e. The van der Waals surface area contributed by atoms with E-state index in [1.165, 1.54) is 0 Å². The Balaban J connectivity index is 0.00000242. The summed E-state index contributed by atoms with van der Waals surface area (Å²) in [4.78, 5) is 12.3. The Morgan fingerprint density at radius 3 is 2.86 bits per heavy atom. The fourth-order valence-electron chi connectivity index (χ4n) is 2.43. The summed E-state index contributed by atoms with van der Waals surface area (Å²) in [6.45, 7) is 7.82. The number of benzene rings is 1. The number of ether oxygens (including phenoxy) is 1. The molecule has 124 valence electrons. The van der Waals surface area contributed by atoms with Crippen LogP contribution in [0.5, 0.6) is 5.75 Å². The standard InChI is InChI=1S/C16H23BrN2O2.ClH/c1-10-4-5-15(13(17)8-10)21-12(3)16(20)19-14-9-18-7-6-11(14)2;/h4-5,8,11-12,14,18H,6-7,9H2,1-3H3,(H,19,20);1H. The molecule has 0 saturated carbocycles. The summed E-state index contributed by atoms with van der Waals surface area (Å²) in [5, 5.41) is 6.39. The van der Waals surface area contributed by atoms with Gasteiger partial charge < -0.3 is 15.4 Å². The molecule has 6 heteroatoms. The molecule has 4 nitrogen and oxygen atoms in total. The highest BCUT2D eigenvalue weighted by Gasteiger charge is 2.25. The van der Waals surface area contributed by atoms with Gasteiger partial charge in [0.2, 0.25) is 0 Å². The molecule has 0 aliphatic carbocycles. The van der Waals surface area contributed by atoms with Gasteiger partial charge in [0, 0.05) is 12.6 Å². The van der Waals surface area contributed by atoms with Crippen molar-refractivity contribution >= 4 is 34.2 Å². The maximum Gasteiger partial charge on any atom is 0.261 e. The number of hydrogen-bond donors (Lipinski definition) is 2. The van der Waals surface area contributed by atoms with Crippen LogP contribution in [-0.2, 0) is 4.79 Å². The van der Waals surface area contributed by atoms with Crippen molar-refractivity contribution in [1.29, 1.82) is 0 Å². The fraction of sp³-hybridized carbons (Fsp3) is 0.562. The molecule has 1 aromatic rings. The molecule has 1 fully saturated rings. The Hall–Kier alpha value is -0.780. The molecule has 0 radical (unpaired) electrons. The number of hydrogen-bond acceptors (Lipinski definition) is 3. The van der Waals surface area contributed by atoms with Crippen molar-refractivity contribution in [2.45, 2.75) is 39.3 Å². The second kappa shape index (κ2) is 8.75. The van der Waals surface area contributed by atoms with Crippen LogP contribution < -0.4 is 15.4 Å². The summed E-state index contributed by atoms with van der Waals surface area (Å²) in [5.41, 5.74) is 1.15. The van der Waals surface area contributed by atoms with Gasteiger partial charge >= 0.3 is 0 Å². The summed E-state index contributed by atoms with van der Waals surface area (Å²) >= 11 is 3.47. The van der Waals surface area contributed by atoms with Crippen LogP contribution in [0.2, 0.25) is 0 Å². The van der Waals surface area contributed by atoms with Crippen LogP contribution in [0.4, 0.5) is 0 Å². The van der Waals surface area contributed by atoms with Gasteiger partial charge in [-0.15, -0.1) is 12.4 Å². The molecule has 22 heavy (non-hydrogen) atoms. The predicted molar refractivity (Wildman–Crippen MR) is 94.8 cm³/mol. The average molecular weight is 392 g/mol. The Bertz CT molecular complexity index is 513. The number of halogens is 2. The van der Waals surface area contributed by atoms with Crippen LogP contribution in [0.25, 0.3) is 0 Å². The van der Waals surface area contributed by atoms with E-state index in [4.69, 9.17) is 4.74 Å². The van der Waals surface area contributed by atoms with Gasteiger partial charge in [-0.3, -0.25) is 4.79 Å². The lowest BCUT2D eigenvalue weighted by Crippen LogP contribution is -2.52. The van der Waals surface area contributed by atoms with Gasteiger partial charge in [-0.2, -0.15) is 0 Å². The summed E-state index contributed by atoms with van der Waals surface area (Å²) in [5.74, 6) is 1.12. The van der Waals surface area contributed by atoms with Crippen LogP contribution in [0.3, 0.4) is 0 Å². The largest absolute Gasteiger partial charge is 0.480 e. The quantitative estimate of drug-likeness (QED) is 0.829. The lowest BCUT2D eigenvalue weighted by atomic mass is 9.95. The fourth-order valence-corrected chi connectivity index (χ4v) is 3.02. The first-order valence-electron chi connectivity index (χ1n) is 7.41. The van der Waals surface area contributed by atoms with Gasteiger partial charge in [-0.25, -0.2) is 0 Å².